The minimum Gasteiger partial charge on any atom is -0.496 e. The highest BCUT2D eigenvalue weighted by molar-refractivity contribution is 7.14. The Labute approximate surface area is 224 Å². The Morgan fingerprint density at radius 3 is 2.45 bits per heavy atom. The number of methoxy groups -OCH3 is 1. The average molecular weight is 530 g/mol. The third-order valence-electron chi connectivity index (χ3n) is 6.81. The second-order valence-corrected chi connectivity index (χ2v) is 10.2. The fraction of sp³-hybridized carbons (Fsp3) is 0.241. The van der Waals surface area contributed by atoms with Crippen LogP contribution >= 0.6 is 11.3 Å². The van der Waals surface area contributed by atoms with E-state index in [4.69, 9.17) is 14.5 Å². The first-order chi connectivity index (χ1) is 18.4. The summed E-state index contributed by atoms with van der Waals surface area (Å²) >= 11 is 1.33. The van der Waals surface area contributed by atoms with Gasteiger partial charge in [0.25, 0.3) is 0 Å². The summed E-state index contributed by atoms with van der Waals surface area (Å²) in [5, 5.41) is 12.0. The van der Waals surface area contributed by atoms with Crippen LogP contribution in [0, 0.1) is 5.41 Å². The lowest BCUT2D eigenvalue weighted by atomic mass is 9.80. The Balaban J connectivity index is 1.35. The van der Waals surface area contributed by atoms with Gasteiger partial charge in [0.15, 0.2) is 5.13 Å². The first-order valence-corrected chi connectivity index (χ1v) is 13.0. The van der Waals surface area contributed by atoms with Crippen molar-refractivity contribution in [2.24, 2.45) is 5.41 Å². The second kappa shape index (κ2) is 10.6. The molecule has 1 aliphatic rings. The number of fused-ring (bicyclic) bond motifs is 1. The predicted octanol–water partition coefficient (Wildman–Crippen LogP) is 5.02. The topological polar surface area (TPSA) is 102 Å². The maximum Gasteiger partial charge on any atom is 0.304 e. The van der Waals surface area contributed by atoms with Crippen molar-refractivity contribution in [3.63, 3.8) is 0 Å². The molecule has 2 heterocycles. The molecule has 0 unspecified atom stereocenters. The molecule has 1 N–H and O–H groups in total. The zero-order valence-corrected chi connectivity index (χ0v) is 21.9. The number of amides is 1. The van der Waals surface area contributed by atoms with Crippen LogP contribution in [0.15, 0.2) is 72.4 Å². The summed E-state index contributed by atoms with van der Waals surface area (Å²) in [5.41, 5.74) is 3.43. The molecule has 8 nitrogen and oxygen atoms in total. The molecule has 0 atom stereocenters. The molecule has 0 spiro atoms. The minimum absolute atomic E-state index is 0.238. The van der Waals surface area contributed by atoms with Crippen molar-refractivity contribution in [3.8, 4) is 22.8 Å². The molecule has 1 amide bonds. The number of nitrogens with zero attached hydrogens (tertiary/aromatic N) is 3. The molecule has 0 saturated carbocycles. The molecule has 194 valence electrons. The van der Waals surface area contributed by atoms with E-state index in [1.807, 2.05) is 60.0 Å². The van der Waals surface area contributed by atoms with Gasteiger partial charge >= 0.3 is 5.97 Å². The van der Waals surface area contributed by atoms with Crippen LogP contribution in [0.3, 0.4) is 0 Å². The van der Waals surface area contributed by atoms with E-state index >= 15 is 0 Å². The molecule has 1 aliphatic carbocycles. The number of anilines is 1. The number of carboxylic acid groups (broad SMARTS) is 1. The summed E-state index contributed by atoms with van der Waals surface area (Å²) in [4.78, 5) is 35.8. The van der Waals surface area contributed by atoms with Crippen LogP contribution < -0.4 is 14.4 Å². The van der Waals surface area contributed by atoms with E-state index in [1.54, 1.807) is 26.6 Å². The summed E-state index contributed by atoms with van der Waals surface area (Å²) in [6.45, 7) is 0.404. The van der Waals surface area contributed by atoms with Gasteiger partial charge in [-0.1, -0.05) is 24.3 Å². The third-order valence-corrected chi connectivity index (χ3v) is 7.72. The van der Waals surface area contributed by atoms with Crippen molar-refractivity contribution in [2.45, 2.75) is 25.9 Å². The first-order valence-electron chi connectivity index (χ1n) is 12.1. The van der Waals surface area contributed by atoms with E-state index in [2.05, 4.69) is 4.98 Å². The molecule has 38 heavy (non-hydrogen) atoms. The van der Waals surface area contributed by atoms with E-state index in [-0.39, 0.29) is 12.3 Å². The second-order valence-electron chi connectivity index (χ2n) is 9.36. The van der Waals surface area contributed by atoms with E-state index in [0.717, 1.165) is 22.3 Å². The predicted molar refractivity (Wildman–Crippen MR) is 145 cm³/mol. The van der Waals surface area contributed by atoms with Crippen molar-refractivity contribution >= 4 is 28.3 Å². The number of aromatic nitrogens is 2. The van der Waals surface area contributed by atoms with Crippen LogP contribution in [0.1, 0.15) is 23.1 Å². The van der Waals surface area contributed by atoms with Crippen molar-refractivity contribution in [3.05, 3.63) is 89.1 Å². The van der Waals surface area contributed by atoms with Gasteiger partial charge < -0.3 is 14.6 Å². The van der Waals surface area contributed by atoms with Crippen LogP contribution in [0.25, 0.3) is 11.3 Å². The Morgan fingerprint density at radius 1 is 1.08 bits per heavy atom. The Morgan fingerprint density at radius 2 is 1.79 bits per heavy atom. The smallest absolute Gasteiger partial charge is 0.304 e. The summed E-state index contributed by atoms with van der Waals surface area (Å²) in [5.74, 6) is 0.0115. The number of ether oxygens (including phenoxy) is 2. The maximum atomic E-state index is 13.8. The third kappa shape index (κ3) is 5.10. The van der Waals surface area contributed by atoms with Gasteiger partial charge in [0.2, 0.25) is 5.91 Å². The number of carboxylic acids is 1. The number of rotatable bonds is 9. The van der Waals surface area contributed by atoms with Gasteiger partial charge in [-0.05, 0) is 53.8 Å². The van der Waals surface area contributed by atoms with Gasteiger partial charge in [-0.2, -0.15) is 0 Å². The van der Waals surface area contributed by atoms with Gasteiger partial charge in [0, 0.05) is 36.5 Å². The van der Waals surface area contributed by atoms with Crippen molar-refractivity contribution in [1.29, 1.82) is 0 Å². The molecule has 4 aromatic rings. The number of hydrogen-bond acceptors (Lipinski definition) is 7. The quantitative estimate of drug-likeness (QED) is 0.325. The molecule has 0 fully saturated rings. The number of hydrogen-bond donors (Lipinski definition) is 1. The zero-order valence-electron chi connectivity index (χ0n) is 21.1. The fourth-order valence-electron chi connectivity index (χ4n) is 4.94. The lowest BCUT2D eigenvalue weighted by Gasteiger charge is -2.30. The highest BCUT2D eigenvalue weighted by atomic mass is 32.1. The van der Waals surface area contributed by atoms with Crippen LogP contribution in [0.4, 0.5) is 5.13 Å². The number of thiazole rings is 1. The van der Waals surface area contributed by atoms with Gasteiger partial charge in [-0.3, -0.25) is 19.5 Å². The van der Waals surface area contributed by atoms with Gasteiger partial charge in [0.05, 0.1) is 24.6 Å². The Hall–Kier alpha value is -4.24. The normalized spacial score (nSPS) is 13.5. The van der Waals surface area contributed by atoms with E-state index in [1.165, 1.54) is 16.2 Å². The molecule has 9 heteroatoms. The van der Waals surface area contributed by atoms with Crippen molar-refractivity contribution in [1.82, 2.24) is 9.97 Å². The molecule has 0 bridgehead atoms. The van der Waals surface area contributed by atoms with Crippen LogP contribution in [0.5, 0.6) is 11.5 Å². The van der Waals surface area contributed by atoms with Crippen LogP contribution in [-0.4, -0.2) is 41.1 Å². The van der Waals surface area contributed by atoms with Gasteiger partial charge in [-0.15, -0.1) is 11.3 Å². The molecule has 0 radical (unpaired) electrons. The number of pyridine rings is 1. The monoisotopic (exact) mass is 529 g/mol. The molecule has 5 rings (SSSR count). The number of carbonyl (C=O) groups is 2. The largest absolute Gasteiger partial charge is 0.496 e. The van der Waals surface area contributed by atoms with E-state index in [9.17, 15) is 14.7 Å². The van der Waals surface area contributed by atoms with Gasteiger partial charge in [-0.25, -0.2) is 4.98 Å². The number of benzene rings is 2. The van der Waals surface area contributed by atoms with Crippen LogP contribution in [0.2, 0.25) is 0 Å². The average Bonchev–Trinajstić information content (AvgIpc) is 3.56. The van der Waals surface area contributed by atoms with Crippen molar-refractivity contribution in [2.75, 3.05) is 19.1 Å². The highest BCUT2D eigenvalue weighted by Gasteiger charge is 2.47. The summed E-state index contributed by atoms with van der Waals surface area (Å²) < 4.78 is 11.5. The number of aliphatic carboxylic acids is 1. The molecule has 0 saturated heterocycles. The first kappa shape index (κ1) is 25.4. The molecular formula is C29H27N3O5S. The molecule has 2 aromatic carbocycles. The Kier molecular flexibility index (Phi) is 7.11. The van der Waals surface area contributed by atoms with E-state index < -0.39 is 11.4 Å². The zero-order chi connectivity index (χ0) is 26.7. The standard InChI is InChI=1S/C29H27N3O5S/c1-32(27(35)29(16-26(33)34)14-20-5-3-4-6-21(20)15-29)28-31-24(18-38-28)23-8-7-22(13-25(23)36-2)37-17-19-9-11-30-12-10-19/h3-13,18H,14-17H2,1-2H3,(H,33,34). The maximum absolute atomic E-state index is 13.8. The van der Waals surface area contributed by atoms with Crippen LogP contribution in [-0.2, 0) is 29.0 Å². The summed E-state index contributed by atoms with van der Waals surface area (Å²) in [7, 11) is 3.24. The summed E-state index contributed by atoms with van der Waals surface area (Å²) in [6, 6.07) is 17.1. The SMILES string of the molecule is COc1cc(OCc2ccncc2)ccc1-c1csc(N(C)C(=O)C2(CC(=O)O)Cc3ccccc3C2)n1. The number of carbonyl (C=O) groups excluding carboxylic acids is 1. The molecule has 2 aromatic heterocycles. The minimum atomic E-state index is -1.04. The molecule has 0 aliphatic heterocycles. The lowest BCUT2D eigenvalue weighted by Crippen LogP contribution is -2.44. The van der Waals surface area contributed by atoms with E-state index in [0.29, 0.717) is 41.8 Å². The fourth-order valence-corrected chi connectivity index (χ4v) is 5.73. The Bertz CT molecular complexity index is 1450. The summed E-state index contributed by atoms with van der Waals surface area (Å²) in [6.07, 6.45) is 3.99. The molecular weight excluding hydrogens is 502 g/mol. The lowest BCUT2D eigenvalue weighted by molar-refractivity contribution is -0.144. The highest BCUT2D eigenvalue weighted by Crippen LogP contribution is 2.43. The van der Waals surface area contributed by atoms with Gasteiger partial charge in [0.1, 0.15) is 18.1 Å². The van der Waals surface area contributed by atoms with Crippen molar-refractivity contribution < 1.29 is 24.2 Å².